The first-order valence-corrected chi connectivity index (χ1v) is 7.71. The van der Waals surface area contributed by atoms with Crippen molar-refractivity contribution < 1.29 is 14.3 Å². The molecule has 0 spiro atoms. The Hall–Kier alpha value is -2.09. The first kappa shape index (κ1) is 16.3. The molecule has 0 fully saturated rings. The highest BCUT2D eigenvalue weighted by Crippen LogP contribution is 2.27. The number of ether oxygens (including phenoxy) is 2. The maximum absolute atomic E-state index is 12.4. The van der Waals surface area contributed by atoms with Crippen LogP contribution in [0.3, 0.4) is 0 Å². The molecule has 7 nitrogen and oxygen atoms in total. The maximum Gasteiger partial charge on any atom is 0.209 e. The van der Waals surface area contributed by atoms with Gasteiger partial charge in [0.2, 0.25) is 5.16 Å². The summed E-state index contributed by atoms with van der Waals surface area (Å²) in [6, 6.07) is 5.27. The third-order valence-electron chi connectivity index (χ3n) is 2.99. The minimum absolute atomic E-state index is 0.0530. The number of rotatable bonds is 7. The summed E-state index contributed by atoms with van der Waals surface area (Å²) in [5, 5.41) is 12.1. The molecule has 2 aromatic rings. The van der Waals surface area contributed by atoms with E-state index in [1.54, 1.807) is 30.0 Å². The van der Waals surface area contributed by atoms with Gasteiger partial charge in [-0.25, -0.2) is 4.68 Å². The Bertz CT molecular complexity index is 657. The van der Waals surface area contributed by atoms with E-state index in [1.807, 2.05) is 13.8 Å². The van der Waals surface area contributed by atoms with Crippen LogP contribution < -0.4 is 9.47 Å². The van der Waals surface area contributed by atoms with Crippen LogP contribution in [-0.4, -0.2) is 46.0 Å². The lowest BCUT2D eigenvalue weighted by molar-refractivity contribution is 0.101. The Balaban J connectivity index is 2.11. The van der Waals surface area contributed by atoms with Gasteiger partial charge in [-0.2, -0.15) is 0 Å². The normalized spacial score (nSPS) is 10.8. The lowest BCUT2D eigenvalue weighted by Gasteiger charge is -2.10. The van der Waals surface area contributed by atoms with Gasteiger partial charge in [0.25, 0.3) is 0 Å². The summed E-state index contributed by atoms with van der Waals surface area (Å²) in [6.07, 6.45) is 0. The number of nitrogens with zero attached hydrogens (tertiary/aromatic N) is 4. The zero-order valence-corrected chi connectivity index (χ0v) is 13.8. The number of hydrogen-bond acceptors (Lipinski definition) is 7. The molecule has 0 aliphatic carbocycles. The van der Waals surface area contributed by atoms with Crippen molar-refractivity contribution in [2.75, 3.05) is 20.0 Å². The van der Waals surface area contributed by atoms with Crippen LogP contribution in [0.5, 0.6) is 11.5 Å². The summed E-state index contributed by atoms with van der Waals surface area (Å²) >= 11 is 1.30. The maximum atomic E-state index is 12.4. The molecule has 0 bridgehead atoms. The van der Waals surface area contributed by atoms with Crippen molar-refractivity contribution in [1.29, 1.82) is 0 Å². The van der Waals surface area contributed by atoms with Gasteiger partial charge in [-0.05, 0) is 36.4 Å². The highest BCUT2D eigenvalue weighted by molar-refractivity contribution is 7.99. The van der Waals surface area contributed by atoms with Crippen molar-refractivity contribution in [3.63, 3.8) is 0 Å². The zero-order valence-electron chi connectivity index (χ0n) is 12.9. The molecular weight excluding hydrogens is 304 g/mol. The Kier molecular flexibility index (Phi) is 5.37. The van der Waals surface area contributed by atoms with E-state index in [0.29, 0.717) is 22.2 Å². The molecule has 0 aliphatic rings. The smallest absolute Gasteiger partial charge is 0.209 e. The number of ketones is 1. The van der Waals surface area contributed by atoms with E-state index in [0.717, 1.165) is 0 Å². The molecule has 1 heterocycles. The Morgan fingerprint density at radius 2 is 2.09 bits per heavy atom. The quantitative estimate of drug-likeness (QED) is 0.571. The number of benzene rings is 1. The molecule has 1 aromatic carbocycles. The summed E-state index contributed by atoms with van der Waals surface area (Å²) in [6.45, 7) is 3.96. The van der Waals surface area contributed by atoms with Gasteiger partial charge < -0.3 is 9.47 Å². The lowest BCUT2D eigenvalue weighted by Crippen LogP contribution is -2.08. The third-order valence-corrected chi connectivity index (χ3v) is 3.93. The van der Waals surface area contributed by atoms with E-state index in [9.17, 15) is 4.79 Å². The van der Waals surface area contributed by atoms with Gasteiger partial charge in [-0.1, -0.05) is 11.8 Å². The molecule has 0 aliphatic heterocycles. The largest absolute Gasteiger partial charge is 0.497 e. The summed E-state index contributed by atoms with van der Waals surface area (Å²) in [7, 11) is 3.09. The van der Waals surface area contributed by atoms with Crippen LogP contribution in [0, 0.1) is 0 Å². The van der Waals surface area contributed by atoms with E-state index < -0.39 is 0 Å². The van der Waals surface area contributed by atoms with Gasteiger partial charge in [0.15, 0.2) is 5.78 Å². The molecule has 0 atom stereocenters. The Labute approximate surface area is 133 Å². The molecule has 0 saturated heterocycles. The van der Waals surface area contributed by atoms with E-state index in [2.05, 4.69) is 15.5 Å². The van der Waals surface area contributed by atoms with Crippen LogP contribution in [0.4, 0.5) is 0 Å². The first-order valence-electron chi connectivity index (χ1n) is 6.72. The Morgan fingerprint density at radius 1 is 1.32 bits per heavy atom. The number of carbonyl (C=O) groups is 1. The minimum atomic E-state index is -0.0530. The van der Waals surface area contributed by atoms with Crippen molar-refractivity contribution >= 4 is 17.5 Å². The molecule has 22 heavy (non-hydrogen) atoms. The van der Waals surface area contributed by atoms with Crippen LogP contribution >= 0.6 is 11.8 Å². The summed E-state index contributed by atoms with van der Waals surface area (Å²) in [5.41, 5.74) is 0.513. The molecular formula is C14H18N4O3S. The second kappa shape index (κ2) is 7.26. The molecule has 2 rings (SSSR count). The predicted molar refractivity (Wildman–Crippen MR) is 82.8 cm³/mol. The van der Waals surface area contributed by atoms with Crippen LogP contribution in [-0.2, 0) is 0 Å². The zero-order chi connectivity index (χ0) is 16.1. The molecule has 0 unspecified atom stereocenters. The fraction of sp³-hybridized carbons (Fsp3) is 0.429. The van der Waals surface area contributed by atoms with Gasteiger partial charge in [0.05, 0.1) is 31.6 Å². The predicted octanol–water partition coefficient (Wildman–Crippen LogP) is 2.25. The first-order chi connectivity index (χ1) is 10.6. The molecule has 0 radical (unpaired) electrons. The van der Waals surface area contributed by atoms with Gasteiger partial charge in [0, 0.05) is 6.07 Å². The van der Waals surface area contributed by atoms with Crippen LogP contribution in [0.2, 0.25) is 0 Å². The van der Waals surface area contributed by atoms with Crippen molar-refractivity contribution in [2.45, 2.75) is 25.0 Å². The number of tetrazole rings is 1. The number of Topliss-reactive ketones (excluding diaryl/α,β-unsaturated/α-hetero) is 1. The number of thioether (sulfide) groups is 1. The minimum Gasteiger partial charge on any atom is -0.497 e. The van der Waals surface area contributed by atoms with E-state index >= 15 is 0 Å². The average molecular weight is 322 g/mol. The highest BCUT2D eigenvalue weighted by Gasteiger charge is 2.16. The molecule has 118 valence electrons. The number of aromatic nitrogens is 4. The van der Waals surface area contributed by atoms with Crippen molar-refractivity contribution in [3.05, 3.63) is 23.8 Å². The molecule has 1 aromatic heterocycles. The number of hydrogen-bond donors (Lipinski definition) is 0. The standard InChI is InChI=1S/C14H18N4O3S/c1-9(2)18-14(15-16-17-18)22-8-12(19)11-6-5-10(20-3)7-13(11)21-4/h5-7,9H,8H2,1-4H3. The van der Waals surface area contributed by atoms with Gasteiger partial charge >= 0.3 is 0 Å². The van der Waals surface area contributed by atoms with Gasteiger partial charge in [-0.3, -0.25) is 4.79 Å². The number of methoxy groups -OCH3 is 2. The van der Waals surface area contributed by atoms with E-state index in [-0.39, 0.29) is 17.6 Å². The van der Waals surface area contributed by atoms with Crippen molar-refractivity contribution in [1.82, 2.24) is 20.2 Å². The van der Waals surface area contributed by atoms with E-state index in [1.165, 1.54) is 18.9 Å². The summed E-state index contributed by atoms with van der Waals surface area (Å²) in [5.74, 6) is 1.32. The third kappa shape index (κ3) is 3.56. The second-order valence-corrected chi connectivity index (χ2v) is 5.72. The number of carbonyl (C=O) groups excluding carboxylic acids is 1. The van der Waals surface area contributed by atoms with E-state index in [4.69, 9.17) is 9.47 Å². The molecule has 0 amide bonds. The van der Waals surface area contributed by atoms with Crippen LogP contribution in [0.1, 0.15) is 30.2 Å². The molecule has 0 saturated carbocycles. The van der Waals surface area contributed by atoms with Crippen molar-refractivity contribution in [2.24, 2.45) is 0 Å². The van der Waals surface area contributed by atoms with Gasteiger partial charge in [0.1, 0.15) is 11.5 Å². The average Bonchev–Trinajstić information content (AvgIpc) is 3.00. The summed E-state index contributed by atoms with van der Waals surface area (Å²) in [4.78, 5) is 12.4. The molecule has 8 heteroatoms. The Morgan fingerprint density at radius 3 is 2.73 bits per heavy atom. The molecule has 0 N–H and O–H groups in total. The monoisotopic (exact) mass is 322 g/mol. The SMILES string of the molecule is COc1ccc(C(=O)CSc2nnnn2C(C)C)c(OC)c1. The van der Waals surface area contributed by atoms with Crippen LogP contribution in [0.15, 0.2) is 23.4 Å². The fourth-order valence-corrected chi connectivity index (χ4v) is 2.73. The topological polar surface area (TPSA) is 79.1 Å². The highest BCUT2D eigenvalue weighted by atomic mass is 32.2. The van der Waals surface area contributed by atoms with Gasteiger partial charge in [-0.15, -0.1) is 5.10 Å². The lowest BCUT2D eigenvalue weighted by atomic mass is 10.1. The summed E-state index contributed by atoms with van der Waals surface area (Å²) < 4.78 is 12.1. The fourth-order valence-electron chi connectivity index (χ4n) is 1.84. The second-order valence-electron chi connectivity index (χ2n) is 4.78. The van der Waals surface area contributed by atoms with Crippen molar-refractivity contribution in [3.8, 4) is 11.5 Å². The van der Waals surface area contributed by atoms with Crippen LogP contribution in [0.25, 0.3) is 0 Å².